The predicted octanol–water partition coefficient (Wildman–Crippen LogP) is 3.79. The third-order valence-corrected chi connectivity index (χ3v) is 4.67. The van der Waals surface area contributed by atoms with Gasteiger partial charge in [0.05, 0.1) is 12.1 Å². The second kappa shape index (κ2) is 7.71. The molecule has 24 heavy (non-hydrogen) atoms. The molecule has 1 fully saturated rings. The van der Waals surface area contributed by atoms with E-state index in [4.69, 9.17) is 11.6 Å². The second-order valence-corrected chi connectivity index (χ2v) is 6.46. The first kappa shape index (κ1) is 16.8. The Kier molecular flexibility index (Phi) is 5.41. The van der Waals surface area contributed by atoms with Crippen LogP contribution >= 0.6 is 11.6 Å². The molecule has 3 rings (SSSR count). The van der Waals surface area contributed by atoms with Gasteiger partial charge in [0.15, 0.2) is 0 Å². The van der Waals surface area contributed by atoms with Gasteiger partial charge in [-0.25, -0.2) is 4.98 Å². The van der Waals surface area contributed by atoms with Crippen LogP contribution in [0.25, 0.3) is 0 Å². The molecule has 2 aromatic rings. The van der Waals surface area contributed by atoms with E-state index < -0.39 is 0 Å². The maximum atomic E-state index is 12.8. The molecule has 1 amide bonds. The second-order valence-electron chi connectivity index (χ2n) is 6.03. The lowest BCUT2D eigenvalue weighted by atomic mass is 10.1. The number of nitrogens with one attached hydrogen (secondary N) is 1. The van der Waals surface area contributed by atoms with Crippen LogP contribution in [0.15, 0.2) is 30.6 Å². The summed E-state index contributed by atoms with van der Waals surface area (Å²) in [5.74, 6) is 1.02. The van der Waals surface area contributed by atoms with Crippen molar-refractivity contribution in [2.75, 3.05) is 18.4 Å². The molecule has 0 saturated carbocycles. The van der Waals surface area contributed by atoms with Gasteiger partial charge in [0.2, 0.25) is 0 Å². The minimum absolute atomic E-state index is 0.0766. The van der Waals surface area contributed by atoms with Crippen molar-refractivity contribution >= 4 is 23.2 Å². The molecule has 128 valence electrons. The standard InChI is InChI=1S/C18H23ClN4O/c1-2-22-11-8-20-17(22)13-21-16-12-14(19)6-7-15(16)18(24)23-9-4-3-5-10-23/h6-8,11-12,21H,2-5,9-10,13H2,1H3. The molecule has 1 aromatic carbocycles. The Bertz CT molecular complexity index is 707. The highest BCUT2D eigenvalue weighted by Crippen LogP contribution is 2.24. The Hall–Kier alpha value is -2.01. The predicted molar refractivity (Wildman–Crippen MR) is 96.4 cm³/mol. The summed E-state index contributed by atoms with van der Waals surface area (Å²) in [6, 6.07) is 5.41. The monoisotopic (exact) mass is 346 g/mol. The number of anilines is 1. The number of likely N-dealkylation sites (tertiary alicyclic amines) is 1. The zero-order valence-electron chi connectivity index (χ0n) is 14.0. The van der Waals surface area contributed by atoms with Crippen LogP contribution in [0.2, 0.25) is 5.02 Å². The molecule has 5 nitrogen and oxygen atoms in total. The number of amides is 1. The molecule has 0 radical (unpaired) electrons. The van der Waals surface area contributed by atoms with E-state index in [-0.39, 0.29) is 5.91 Å². The summed E-state index contributed by atoms with van der Waals surface area (Å²) in [5.41, 5.74) is 1.44. The molecule has 1 saturated heterocycles. The fraction of sp³-hybridized carbons (Fsp3) is 0.444. The van der Waals surface area contributed by atoms with E-state index in [0.29, 0.717) is 17.1 Å². The van der Waals surface area contributed by atoms with Gasteiger partial charge in [-0.3, -0.25) is 4.79 Å². The van der Waals surface area contributed by atoms with Crippen molar-refractivity contribution in [1.82, 2.24) is 14.5 Å². The Morgan fingerprint density at radius 3 is 2.83 bits per heavy atom. The maximum Gasteiger partial charge on any atom is 0.255 e. The Balaban J connectivity index is 1.79. The molecule has 0 bridgehead atoms. The van der Waals surface area contributed by atoms with E-state index in [1.165, 1.54) is 6.42 Å². The number of imidazole rings is 1. The largest absolute Gasteiger partial charge is 0.377 e. The van der Waals surface area contributed by atoms with E-state index in [0.717, 1.165) is 44.0 Å². The van der Waals surface area contributed by atoms with Crippen LogP contribution in [0.4, 0.5) is 5.69 Å². The van der Waals surface area contributed by atoms with Crippen molar-refractivity contribution in [3.63, 3.8) is 0 Å². The van der Waals surface area contributed by atoms with Gasteiger partial charge in [-0.05, 0) is 44.4 Å². The summed E-state index contributed by atoms with van der Waals surface area (Å²) in [6.45, 7) is 5.17. The summed E-state index contributed by atoms with van der Waals surface area (Å²) >= 11 is 6.14. The lowest BCUT2D eigenvalue weighted by Crippen LogP contribution is -2.36. The highest BCUT2D eigenvalue weighted by atomic mass is 35.5. The average molecular weight is 347 g/mol. The molecule has 1 aromatic heterocycles. The number of carbonyl (C=O) groups excluding carboxylic acids is 1. The summed E-state index contributed by atoms with van der Waals surface area (Å²) in [6.07, 6.45) is 7.11. The van der Waals surface area contributed by atoms with Crippen LogP contribution in [0.3, 0.4) is 0 Å². The Morgan fingerprint density at radius 2 is 2.08 bits per heavy atom. The van der Waals surface area contributed by atoms with E-state index in [1.807, 2.05) is 23.2 Å². The number of carbonyl (C=O) groups is 1. The quantitative estimate of drug-likeness (QED) is 0.896. The van der Waals surface area contributed by atoms with Crippen LogP contribution in [0, 0.1) is 0 Å². The molecule has 1 aliphatic rings. The van der Waals surface area contributed by atoms with Gasteiger partial charge in [-0.15, -0.1) is 0 Å². The number of aromatic nitrogens is 2. The number of hydrogen-bond acceptors (Lipinski definition) is 3. The van der Waals surface area contributed by atoms with Gasteiger partial charge >= 0.3 is 0 Å². The van der Waals surface area contributed by atoms with Crippen molar-refractivity contribution in [3.8, 4) is 0 Å². The number of benzene rings is 1. The van der Waals surface area contributed by atoms with Crippen molar-refractivity contribution < 1.29 is 4.79 Å². The molecule has 1 aliphatic heterocycles. The first-order valence-electron chi connectivity index (χ1n) is 8.51. The molecule has 1 N–H and O–H groups in total. The van der Waals surface area contributed by atoms with E-state index in [1.54, 1.807) is 12.3 Å². The van der Waals surface area contributed by atoms with Gasteiger partial charge in [0.25, 0.3) is 5.91 Å². The number of piperidine rings is 1. The summed E-state index contributed by atoms with van der Waals surface area (Å²) in [4.78, 5) is 19.1. The topological polar surface area (TPSA) is 50.2 Å². The number of halogens is 1. The van der Waals surface area contributed by atoms with Gasteiger partial charge in [-0.1, -0.05) is 11.6 Å². The minimum atomic E-state index is 0.0766. The third-order valence-electron chi connectivity index (χ3n) is 4.43. The highest BCUT2D eigenvalue weighted by Gasteiger charge is 2.21. The smallest absolute Gasteiger partial charge is 0.255 e. The number of hydrogen-bond donors (Lipinski definition) is 1. The fourth-order valence-electron chi connectivity index (χ4n) is 3.09. The molecule has 0 spiro atoms. The summed E-state index contributed by atoms with van der Waals surface area (Å²) in [5, 5.41) is 3.95. The first-order valence-corrected chi connectivity index (χ1v) is 8.89. The first-order chi connectivity index (χ1) is 11.7. The van der Waals surface area contributed by atoms with Gasteiger partial charge in [0.1, 0.15) is 5.82 Å². The van der Waals surface area contributed by atoms with Crippen molar-refractivity contribution in [1.29, 1.82) is 0 Å². The number of nitrogens with zero attached hydrogens (tertiary/aromatic N) is 3. The van der Waals surface area contributed by atoms with Crippen LogP contribution < -0.4 is 5.32 Å². The van der Waals surface area contributed by atoms with E-state index >= 15 is 0 Å². The Morgan fingerprint density at radius 1 is 1.29 bits per heavy atom. The minimum Gasteiger partial charge on any atom is -0.377 e. The number of aryl methyl sites for hydroxylation is 1. The third kappa shape index (κ3) is 3.73. The molecule has 0 unspecified atom stereocenters. The summed E-state index contributed by atoms with van der Waals surface area (Å²) in [7, 11) is 0. The SMILES string of the molecule is CCn1ccnc1CNc1cc(Cl)ccc1C(=O)N1CCCCC1. The lowest BCUT2D eigenvalue weighted by molar-refractivity contribution is 0.0725. The molecule has 6 heteroatoms. The summed E-state index contributed by atoms with van der Waals surface area (Å²) < 4.78 is 2.07. The molecular formula is C18H23ClN4O. The lowest BCUT2D eigenvalue weighted by Gasteiger charge is -2.27. The Labute approximate surface area is 147 Å². The van der Waals surface area contributed by atoms with Gasteiger partial charge in [0, 0.05) is 42.7 Å². The average Bonchev–Trinajstić information content (AvgIpc) is 3.08. The number of rotatable bonds is 5. The molecular weight excluding hydrogens is 324 g/mol. The zero-order chi connectivity index (χ0) is 16.9. The van der Waals surface area contributed by atoms with Crippen LogP contribution in [-0.4, -0.2) is 33.4 Å². The van der Waals surface area contributed by atoms with E-state index in [9.17, 15) is 4.79 Å². The van der Waals surface area contributed by atoms with Crippen molar-refractivity contribution in [2.24, 2.45) is 0 Å². The maximum absolute atomic E-state index is 12.8. The molecule has 0 atom stereocenters. The van der Waals surface area contributed by atoms with Gasteiger partial charge < -0.3 is 14.8 Å². The van der Waals surface area contributed by atoms with Crippen LogP contribution in [0.1, 0.15) is 42.4 Å². The van der Waals surface area contributed by atoms with Crippen LogP contribution in [-0.2, 0) is 13.1 Å². The zero-order valence-corrected chi connectivity index (χ0v) is 14.7. The molecule has 2 heterocycles. The van der Waals surface area contributed by atoms with Crippen LogP contribution in [0.5, 0.6) is 0 Å². The molecule has 0 aliphatic carbocycles. The fourth-order valence-corrected chi connectivity index (χ4v) is 3.26. The normalized spacial score (nSPS) is 14.7. The highest BCUT2D eigenvalue weighted by molar-refractivity contribution is 6.31. The van der Waals surface area contributed by atoms with Crippen molar-refractivity contribution in [2.45, 2.75) is 39.3 Å². The van der Waals surface area contributed by atoms with E-state index in [2.05, 4.69) is 21.8 Å². The van der Waals surface area contributed by atoms with Crippen molar-refractivity contribution in [3.05, 3.63) is 47.0 Å². The van der Waals surface area contributed by atoms with Gasteiger partial charge in [-0.2, -0.15) is 0 Å².